The van der Waals surface area contributed by atoms with Gasteiger partial charge in [0.15, 0.2) is 11.6 Å². The van der Waals surface area contributed by atoms with E-state index in [1.165, 1.54) is 0 Å². The molecule has 0 bridgehead atoms. The molecular formula is C6H7NO2. The first kappa shape index (κ1) is 6.13. The molecule has 1 rings (SSSR count). The van der Waals surface area contributed by atoms with Crippen LogP contribution in [0, 0.1) is 5.41 Å². The summed E-state index contributed by atoms with van der Waals surface area (Å²) in [5, 5.41) is 6.90. The van der Waals surface area contributed by atoms with Gasteiger partial charge in [0.25, 0.3) is 0 Å². The number of carbonyl (C=O) groups is 2. The first-order chi connectivity index (χ1) is 4.22. The summed E-state index contributed by atoms with van der Waals surface area (Å²) >= 11 is 0. The molecule has 0 heterocycles. The number of rotatable bonds is 0. The predicted molar refractivity (Wildman–Crippen MR) is 31.6 cm³/mol. The zero-order chi connectivity index (χ0) is 6.85. The Kier molecular flexibility index (Phi) is 1.42. The Labute approximate surface area is 52.6 Å². The topological polar surface area (TPSA) is 58.0 Å². The van der Waals surface area contributed by atoms with E-state index in [-0.39, 0.29) is 17.3 Å². The number of hydrogen-bond acceptors (Lipinski definition) is 3. The Bertz CT molecular complexity index is 165. The lowest BCUT2D eigenvalue weighted by Crippen LogP contribution is -2.27. The summed E-state index contributed by atoms with van der Waals surface area (Å²) in [4.78, 5) is 21.1. The largest absolute Gasteiger partial charge is 0.294 e. The first-order valence-electron chi connectivity index (χ1n) is 2.87. The van der Waals surface area contributed by atoms with Gasteiger partial charge in [0, 0.05) is 12.8 Å². The lowest BCUT2D eigenvalue weighted by Gasteiger charge is -2.06. The number of hydrogen-bond donors (Lipinski definition) is 1. The number of ketones is 2. The van der Waals surface area contributed by atoms with Crippen LogP contribution < -0.4 is 0 Å². The summed E-state index contributed by atoms with van der Waals surface area (Å²) in [5.74, 6) is -0.600. The highest BCUT2D eigenvalue weighted by Gasteiger charge is 2.22. The van der Waals surface area contributed by atoms with E-state index in [0.717, 1.165) is 0 Å². The molecule has 0 unspecified atom stereocenters. The van der Waals surface area contributed by atoms with Crippen LogP contribution in [-0.4, -0.2) is 17.3 Å². The third-order valence-corrected chi connectivity index (χ3v) is 1.37. The molecular weight excluding hydrogens is 118 g/mol. The Morgan fingerprint density at radius 1 is 1.11 bits per heavy atom. The highest BCUT2D eigenvalue weighted by atomic mass is 16.2. The fourth-order valence-corrected chi connectivity index (χ4v) is 0.815. The van der Waals surface area contributed by atoms with Crippen molar-refractivity contribution in [3.8, 4) is 0 Å². The molecule has 1 saturated carbocycles. The molecule has 9 heavy (non-hydrogen) atoms. The van der Waals surface area contributed by atoms with Gasteiger partial charge in [-0.05, 0) is 6.42 Å². The molecule has 0 aromatic rings. The summed E-state index contributed by atoms with van der Waals surface area (Å²) in [5.41, 5.74) is -0.304. The molecule has 0 aromatic heterocycles. The minimum absolute atomic E-state index is 0.300. The average Bonchev–Trinajstić information content (AvgIpc) is 1.83. The molecule has 1 N–H and O–H groups in total. The second kappa shape index (κ2) is 2.09. The quantitative estimate of drug-likeness (QED) is 0.507. The predicted octanol–water partition coefficient (Wildman–Crippen LogP) is 0.328. The summed E-state index contributed by atoms with van der Waals surface area (Å²) in [6, 6.07) is 0. The lowest BCUT2D eigenvalue weighted by molar-refractivity contribution is -0.119. The summed E-state index contributed by atoms with van der Waals surface area (Å²) < 4.78 is 0. The molecule has 0 amide bonds. The van der Waals surface area contributed by atoms with Crippen LogP contribution in [0.2, 0.25) is 0 Å². The van der Waals surface area contributed by atoms with Crippen molar-refractivity contribution < 1.29 is 9.59 Å². The maximum Gasteiger partial charge on any atom is 0.184 e. The summed E-state index contributed by atoms with van der Waals surface area (Å²) in [6.07, 6.45) is 1.38. The minimum Gasteiger partial charge on any atom is -0.294 e. The zero-order valence-electron chi connectivity index (χ0n) is 4.94. The second-order valence-electron chi connectivity index (χ2n) is 2.07. The van der Waals surface area contributed by atoms with Gasteiger partial charge >= 0.3 is 0 Å². The van der Waals surface area contributed by atoms with Crippen molar-refractivity contribution in [3.63, 3.8) is 0 Å². The molecule has 0 aromatic carbocycles. The third kappa shape index (κ3) is 1.04. The fraction of sp³-hybridized carbons (Fsp3) is 0.500. The van der Waals surface area contributed by atoms with Crippen LogP contribution in [-0.2, 0) is 9.59 Å². The molecule has 0 spiro atoms. The molecule has 0 saturated heterocycles. The van der Waals surface area contributed by atoms with Gasteiger partial charge in [-0.3, -0.25) is 15.0 Å². The average molecular weight is 125 g/mol. The SMILES string of the molecule is N=C1C(=O)CCCC1=O. The fourth-order valence-electron chi connectivity index (χ4n) is 0.815. The van der Waals surface area contributed by atoms with Crippen LogP contribution in [0.15, 0.2) is 0 Å². The Balaban J connectivity index is 2.74. The van der Waals surface area contributed by atoms with Gasteiger partial charge in [0.1, 0.15) is 5.71 Å². The number of Topliss-reactive ketones (excluding diaryl/α,β-unsaturated/α-hetero) is 2. The zero-order valence-corrected chi connectivity index (χ0v) is 4.94. The van der Waals surface area contributed by atoms with Gasteiger partial charge in [0.2, 0.25) is 0 Å². The molecule has 3 nitrogen and oxygen atoms in total. The standard InChI is InChI=1S/C6H7NO2/c7-6-4(8)2-1-3-5(6)9/h7H,1-3H2. The smallest absolute Gasteiger partial charge is 0.184 e. The molecule has 1 fully saturated rings. The van der Waals surface area contributed by atoms with Crippen LogP contribution in [0.4, 0.5) is 0 Å². The van der Waals surface area contributed by atoms with Crippen LogP contribution in [0.25, 0.3) is 0 Å². The molecule has 1 aliphatic carbocycles. The van der Waals surface area contributed by atoms with E-state index in [1.54, 1.807) is 0 Å². The maximum absolute atomic E-state index is 10.6. The monoisotopic (exact) mass is 125 g/mol. The Hall–Kier alpha value is -0.990. The van der Waals surface area contributed by atoms with Crippen molar-refractivity contribution in [2.75, 3.05) is 0 Å². The van der Waals surface area contributed by atoms with Crippen molar-refractivity contribution in [1.82, 2.24) is 0 Å². The number of carbonyl (C=O) groups excluding carboxylic acids is 2. The Morgan fingerprint density at radius 3 is 1.89 bits per heavy atom. The highest BCUT2D eigenvalue weighted by molar-refractivity contribution is 6.65. The van der Waals surface area contributed by atoms with Crippen LogP contribution >= 0.6 is 0 Å². The van der Waals surface area contributed by atoms with E-state index in [4.69, 9.17) is 5.41 Å². The van der Waals surface area contributed by atoms with E-state index in [2.05, 4.69) is 0 Å². The van der Waals surface area contributed by atoms with E-state index in [9.17, 15) is 9.59 Å². The minimum atomic E-state index is -0.304. The van der Waals surface area contributed by atoms with E-state index in [0.29, 0.717) is 19.3 Å². The highest BCUT2D eigenvalue weighted by Crippen LogP contribution is 2.06. The normalized spacial score (nSPS) is 20.7. The summed E-state index contributed by atoms with van der Waals surface area (Å²) in [6.45, 7) is 0. The van der Waals surface area contributed by atoms with Gasteiger partial charge in [0.05, 0.1) is 0 Å². The van der Waals surface area contributed by atoms with E-state index >= 15 is 0 Å². The first-order valence-corrected chi connectivity index (χ1v) is 2.87. The van der Waals surface area contributed by atoms with Crippen LogP contribution in [0.5, 0.6) is 0 Å². The van der Waals surface area contributed by atoms with Crippen molar-refractivity contribution in [3.05, 3.63) is 0 Å². The van der Waals surface area contributed by atoms with Crippen LogP contribution in [0.3, 0.4) is 0 Å². The molecule has 48 valence electrons. The van der Waals surface area contributed by atoms with Crippen LogP contribution in [0.1, 0.15) is 19.3 Å². The van der Waals surface area contributed by atoms with E-state index in [1.807, 2.05) is 0 Å². The molecule has 0 atom stereocenters. The van der Waals surface area contributed by atoms with Gasteiger partial charge in [-0.15, -0.1) is 0 Å². The Morgan fingerprint density at radius 2 is 1.56 bits per heavy atom. The van der Waals surface area contributed by atoms with Gasteiger partial charge in [-0.2, -0.15) is 0 Å². The van der Waals surface area contributed by atoms with Crippen molar-refractivity contribution in [2.24, 2.45) is 0 Å². The number of nitrogens with one attached hydrogen (secondary N) is 1. The molecule has 3 heteroatoms. The second-order valence-corrected chi connectivity index (χ2v) is 2.07. The lowest BCUT2D eigenvalue weighted by atomic mass is 9.96. The maximum atomic E-state index is 10.6. The van der Waals surface area contributed by atoms with Gasteiger partial charge < -0.3 is 0 Å². The van der Waals surface area contributed by atoms with Gasteiger partial charge in [-0.1, -0.05) is 0 Å². The van der Waals surface area contributed by atoms with E-state index < -0.39 is 0 Å². The van der Waals surface area contributed by atoms with Gasteiger partial charge in [-0.25, -0.2) is 0 Å². The molecule has 0 radical (unpaired) electrons. The molecule has 0 aliphatic heterocycles. The third-order valence-electron chi connectivity index (χ3n) is 1.37. The van der Waals surface area contributed by atoms with Crippen molar-refractivity contribution >= 4 is 17.3 Å². The van der Waals surface area contributed by atoms with Crippen molar-refractivity contribution in [2.45, 2.75) is 19.3 Å². The van der Waals surface area contributed by atoms with Crippen molar-refractivity contribution in [1.29, 1.82) is 5.41 Å². The summed E-state index contributed by atoms with van der Waals surface area (Å²) in [7, 11) is 0. The molecule has 1 aliphatic rings.